The zero-order valence-electron chi connectivity index (χ0n) is 10.4. The smallest absolute Gasteiger partial charge is 0.191 e. The maximum Gasteiger partial charge on any atom is 0.191 e. The van der Waals surface area contributed by atoms with Crippen molar-refractivity contribution in [1.29, 1.82) is 0 Å². The number of aliphatic imine (C=N–C) groups is 1. The van der Waals surface area contributed by atoms with Crippen LogP contribution in [0.15, 0.2) is 28.1 Å². The first-order valence-electron chi connectivity index (χ1n) is 5.95. The number of rotatable bonds is 3. The molecule has 0 bridgehead atoms. The fraction of sp³-hybridized carbons (Fsp3) is 0.462. The monoisotopic (exact) mass is 249 g/mol. The molecule has 4 heteroatoms. The van der Waals surface area contributed by atoms with E-state index < -0.39 is 0 Å². The van der Waals surface area contributed by atoms with Crippen molar-refractivity contribution in [3.05, 3.63) is 29.3 Å². The third-order valence-corrected chi connectivity index (χ3v) is 3.61. The van der Waals surface area contributed by atoms with E-state index in [4.69, 9.17) is 0 Å². The van der Waals surface area contributed by atoms with Crippen molar-refractivity contribution in [2.24, 2.45) is 4.99 Å². The van der Waals surface area contributed by atoms with Crippen LogP contribution >= 0.6 is 11.8 Å². The Labute approximate surface area is 107 Å². The Hall–Kier alpha value is -1.16. The topological polar surface area (TPSA) is 36.4 Å². The summed E-state index contributed by atoms with van der Waals surface area (Å²) in [6.07, 6.45) is 3.25. The van der Waals surface area contributed by atoms with Gasteiger partial charge >= 0.3 is 0 Å². The fourth-order valence-electron chi connectivity index (χ4n) is 1.83. The average Bonchev–Trinajstić information content (AvgIpc) is 2.38. The van der Waals surface area contributed by atoms with Crippen molar-refractivity contribution in [3.63, 3.8) is 0 Å². The lowest BCUT2D eigenvalue weighted by molar-refractivity contribution is 0.700. The van der Waals surface area contributed by atoms with Gasteiger partial charge in [0.1, 0.15) is 0 Å². The van der Waals surface area contributed by atoms with Crippen LogP contribution in [0.1, 0.15) is 17.5 Å². The Morgan fingerprint density at radius 3 is 3.06 bits per heavy atom. The molecule has 17 heavy (non-hydrogen) atoms. The lowest BCUT2D eigenvalue weighted by Gasteiger charge is -2.17. The Balaban J connectivity index is 2.00. The van der Waals surface area contributed by atoms with Gasteiger partial charge in [-0.2, -0.15) is 0 Å². The van der Waals surface area contributed by atoms with Crippen LogP contribution in [-0.4, -0.2) is 25.3 Å². The van der Waals surface area contributed by atoms with Crippen LogP contribution < -0.4 is 10.6 Å². The van der Waals surface area contributed by atoms with Gasteiger partial charge in [-0.05, 0) is 36.8 Å². The molecule has 1 aliphatic rings. The van der Waals surface area contributed by atoms with Gasteiger partial charge in [0, 0.05) is 24.5 Å². The van der Waals surface area contributed by atoms with Gasteiger partial charge in [-0.25, -0.2) is 0 Å². The number of hydrogen-bond donors (Lipinski definition) is 2. The number of hydrogen-bond acceptors (Lipinski definition) is 4. The molecular formula is C13H19N3S. The molecular weight excluding hydrogens is 230 g/mol. The van der Waals surface area contributed by atoms with E-state index in [1.54, 1.807) is 11.8 Å². The van der Waals surface area contributed by atoms with Crippen LogP contribution in [0.2, 0.25) is 0 Å². The lowest BCUT2D eigenvalue weighted by atomic mass is 10.1. The first-order chi connectivity index (χ1) is 8.29. The highest BCUT2D eigenvalue weighted by Gasteiger charge is 2.05. The molecule has 0 amide bonds. The van der Waals surface area contributed by atoms with Crippen LogP contribution in [-0.2, 0) is 6.54 Å². The summed E-state index contributed by atoms with van der Waals surface area (Å²) in [5, 5.41) is 6.63. The normalized spacial score (nSPS) is 15.1. The van der Waals surface area contributed by atoms with E-state index in [1.807, 2.05) is 0 Å². The molecule has 1 aliphatic heterocycles. The highest BCUT2D eigenvalue weighted by molar-refractivity contribution is 7.98. The summed E-state index contributed by atoms with van der Waals surface area (Å²) in [5.41, 5.74) is 2.64. The van der Waals surface area contributed by atoms with Gasteiger partial charge in [0.2, 0.25) is 0 Å². The quantitative estimate of drug-likeness (QED) is 0.806. The molecule has 0 atom stereocenters. The number of benzene rings is 1. The van der Waals surface area contributed by atoms with Crippen molar-refractivity contribution in [3.8, 4) is 0 Å². The van der Waals surface area contributed by atoms with E-state index in [-0.39, 0.29) is 0 Å². The summed E-state index contributed by atoms with van der Waals surface area (Å²) in [4.78, 5) is 5.75. The first kappa shape index (κ1) is 12.3. The summed E-state index contributed by atoms with van der Waals surface area (Å²) in [6.45, 7) is 4.92. The highest BCUT2D eigenvalue weighted by atomic mass is 32.2. The molecule has 1 heterocycles. The van der Waals surface area contributed by atoms with Crippen LogP contribution in [0.25, 0.3) is 0 Å². The Morgan fingerprint density at radius 1 is 1.47 bits per heavy atom. The molecule has 92 valence electrons. The molecule has 0 saturated heterocycles. The minimum Gasteiger partial charge on any atom is -0.356 e. The van der Waals surface area contributed by atoms with Crippen molar-refractivity contribution >= 4 is 17.7 Å². The zero-order valence-corrected chi connectivity index (χ0v) is 11.2. The van der Waals surface area contributed by atoms with Crippen molar-refractivity contribution in [1.82, 2.24) is 10.6 Å². The van der Waals surface area contributed by atoms with Gasteiger partial charge in [0.15, 0.2) is 5.96 Å². The molecule has 0 fully saturated rings. The average molecular weight is 249 g/mol. The van der Waals surface area contributed by atoms with E-state index in [2.05, 4.69) is 47.0 Å². The predicted molar refractivity (Wildman–Crippen MR) is 74.7 cm³/mol. The third kappa shape index (κ3) is 3.40. The molecule has 0 unspecified atom stereocenters. The van der Waals surface area contributed by atoms with E-state index in [1.165, 1.54) is 16.0 Å². The number of nitrogens with one attached hydrogen (secondary N) is 2. The van der Waals surface area contributed by atoms with Gasteiger partial charge in [0.25, 0.3) is 0 Å². The summed E-state index contributed by atoms with van der Waals surface area (Å²) in [5.74, 6) is 0.934. The minimum atomic E-state index is 0.836. The summed E-state index contributed by atoms with van der Waals surface area (Å²) in [7, 11) is 0. The SMILES string of the molecule is CSc1cc(C)ccc1CNC1=NCCCN1. The van der Waals surface area contributed by atoms with Crippen LogP contribution in [0.3, 0.4) is 0 Å². The van der Waals surface area contributed by atoms with Gasteiger partial charge in [-0.15, -0.1) is 11.8 Å². The summed E-state index contributed by atoms with van der Waals surface area (Å²) >= 11 is 1.80. The molecule has 1 aromatic carbocycles. The van der Waals surface area contributed by atoms with Crippen LogP contribution in [0.5, 0.6) is 0 Å². The molecule has 0 aromatic heterocycles. The van der Waals surface area contributed by atoms with Gasteiger partial charge in [-0.3, -0.25) is 4.99 Å². The number of nitrogens with zero attached hydrogens (tertiary/aromatic N) is 1. The zero-order chi connectivity index (χ0) is 12.1. The third-order valence-electron chi connectivity index (χ3n) is 2.79. The molecule has 0 saturated carbocycles. The van der Waals surface area contributed by atoms with Crippen molar-refractivity contribution < 1.29 is 0 Å². The molecule has 3 nitrogen and oxygen atoms in total. The number of guanidine groups is 1. The standard InChI is InChI=1S/C13H19N3S/c1-10-4-5-11(12(8-10)17-2)9-16-13-14-6-3-7-15-13/h4-5,8H,3,6-7,9H2,1-2H3,(H2,14,15,16). The van der Waals surface area contributed by atoms with E-state index in [0.29, 0.717) is 0 Å². The second-order valence-electron chi connectivity index (χ2n) is 4.18. The summed E-state index contributed by atoms with van der Waals surface area (Å²) in [6, 6.07) is 6.59. The van der Waals surface area contributed by atoms with Gasteiger partial charge in [-0.1, -0.05) is 12.1 Å². The molecule has 0 aliphatic carbocycles. The van der Waals surface area contributed by atoms with E-state index >= 15 is 0 Å². The lowest BCUT2D eigenvalue weighted by Crippen LogP contribution is -2.40. The number of thioether (sulfide) groups is 1. The Kier molecular flexibility index (Phi) is 4.31. The van der Waals surface area contributed by atoms with Crippen molar-refractivity contribution in [2.45, 2.75) is 24.8 Å². The largest absolute Gasteiger partial charge is 0.356 e. The van der Waals surface area contributed by atoms with Crippen molar-refractivity contribution in [2.75, 3.05) is 19.3 Å². The summed E-state index contributed by atoms with van der Waals surface area (Å²) < 4.78 is 0. The molecule has 0 radical (unpaired) electrons. The Bertz CT molecular complexity index is 415. The Morgan fingerprint density at radius 2 is 2.35 bits per heavy atom. The highest BCUT2D eigenvalue weighted by Crippen LogP contribution is 2.21. The predicted octanol–water partition coefficient (Wildman–Crippen LogP) is 2.16. The van der Waals surface area contributed by atoms with E-state index in [9.17, 15) is 0 Å². The first-order valence-corrected chi connectivity index (χ1v) is 7.18. The molecule has 2 N–H and O–H groups in total. The van der Waals surface area contributed by atoms with Gasteiger partial charge in [0.05, 0.1) is 0 Å². The maximum atomic E-state index is 4.41. The fourth-order valence-corrected chi connectivity index (χ4v) is 2.53. The molecule has 2 rings (SSSR count). The minimum absolute atomic E-state index is 0.836. The second kappa shape index (κ2) is 5.96. The van der Waals surface area contributed by atoms with E-state index in [0.717, 1.165) is 32.0 Å². The van der Waals surface area contributed by atoms with Gasteiger partial charge < -0.3 is 10.6 Å². The molecule has 1 aromatic rings. The van der Waals surface area contributed by atoms with Crippen LogP contribution in [0.4, 0.5) is 0 Å². The molecule has 0 spiro atoms. The number of aryl methyl sites for hydroxylation is 1. The second-order valence-corrected chi connectivity index (χ2v) is 5.03. The maximum absolute atomic E-state index is 4.41. The van der Waals surface area contributed by atoms with Crippen LogP contribution in [0, 0.1) is 6.92 Å².